The molecule has 1 fully saturated rings. The monoisotopic (exact) mass is 358 g/mol. The fourth-order valence-electron chi connectivity index (χ4n) is 3.62. The summed E-state index contributed by atoms with van der Waals surface area (Å²) >= 11 is 0. The third-order valence-corrected chi connectivity index (χ3v) is 5.03. The van der Waals surface area contributed by atoms with Crippen LogP contribution in [0.3, 0.4) is 0 Å². The van der Waals surface area contributed by atoms with E-state index < -0.39 is 0 Å². The lowest BCUT2D eigenvalue weighted by Gasteiger charge is -2.35. The van der Waals surface area contributed by atoms with Gasteiger partial charge in [-0.05, 0) is 24.3 Å². The van der Waals surface area contributed by atoms with Crippen LogP contribution in [0.4, 0.5) is 5.82 Å². The predicted molar refractivity (Wildman–Crippen MR) is 104 cm³/mol. The summed E-state index contributed by atoms with van der Waals surface area (Å²) in [6.07, 6.45) is 1.58. The van der Waals surface area contributed by atoms with Crippen molar-refractivity contribution in [2.45, 2.75) is 0 Å². The largest absolute Gasteiger partial charge is 0.450 e. The van der Waals surface area contributed by atoms with Crippen molar-refractivity contribution in [2.24, 2.45) is 0 Å². The summed E-state index contributed by atoms with van der Waals surface area (Å²) in [5.41, 5.74) is 3.08. The van der Waals surface area contributed by atoms with Gasteiger partial charge >= 0.3 is 0 Å². The smallest absolute Gasteiger partial charge is 0.253 e. The number of carbonyl (C=O) groups is 1. The number of hydrogen-bond acceptors (Lipinski definition) is 5. The lowest BCUT2D eigenvalue weighted by atomic mass is 10.2. The first-order chi connectivity index (χ1) is 13.3. The van der Waals surface area contributed by atoms with E-state index in [1.807, 2.05) is 59.5 Å². The number of nitrogens with zero attached hydrogens (tertiary/aromatic N) is 4. The van der Waals surface area contributed by atoms with Crippen molar-refractivity contribution in [2.75, 3.05) is 31.1 Å². The molecule has 0 N–H and O–H groups in total. The average molecular weight is 358 g/mol. The standard InChI is InChI=1S/C21H18N4O2/c26-21(15-6-2-1-3-7-15)25-12-10-24(11-13-25)20-19-18(22-14-23-20)16-8-4-5-9-17(16)27-19/h1-9,14H,10-13H2. The molecule has 4 aromatic rings. The zero-order valence-corrected chi connectivity index (χ0v) is 14.7. The Balaban J connectivity index is 1.40. The van der Waals surface area contributed by atoms with Gasteiger partial charge in [-0.1, -0.05) is 30.3 Å². The Bertz CT molecular complexity index is 1110. The maximum atomic E-state index is 12.6. The molecule has 0 atom stereocenters. The minimum Gasteiger partial charge on any atom is -0.450 e. The normalized spacial score (nSPS) is 14.8. The van der Waals surface area contributed by atoms with Crippen molar-refractivity contribution in [3.05, 3.63) is 66.5 Å². The number of rotatable bonds is 2. The van der Waals surface area contributed by atoms with Crippen LogP contribution in [0.5, 0.6) is 0 Å². The van der Waals surface area contributed by atoms with Crippen LogP contribution in [0.15, 0.2) is 65.3 Å². The molecule has 27 heavy (non-hydrogen) atoms. The highest BCUT2D eigenvalue weighted by molar-refractivity contribution is 6.05. The van der Waals surface area contributed by atoms with Gasteiger partial charge in [0.1, 0.15) is 17.4 Å². The van der Waals surface area contributed by atoms with E-state index in [9.17, 15) is 4.79 Å². The van der Waals surface area contributed by atoms with Gasteiger partial charge in [-0.25, -0.2) is 9.97 Å². The van der Waals surface area contributed by atoms with E-state index in [0.29, 0.717) is 31.8 Å². The third-order valence-electron chi connectivity index (χ3n) is 5.03. The van der Waals surface area contributed by atoms with Gasteiger partial charge < -0.3 is 14.2 Å². The van der Waals surface area contributed by atoms with Gasteiger partial charge in [0.15, 0.2) is 11.4 Å². The molecular formula is C21H18N4O2. The van der Waals surface area contributed by atoms with Crippen molar-refractivity contribution < 1.29 is 9.21 Å². The number of anilines is 1. The summed E-state index contributed by atoms with van der Waals surface area (Å²) in [6, 6.07) is 17.3. The molecule has 2 aromatic carbocycles. The molecule has 1 aliphatic rings. The summed E-state index contributed by atoms with van der Waals surface area (Å²) in [4.78, 5) is 25.6. The molecule has 1 amide bonds. The van der Waals surface area contributed by atoms with Crippen molar-refractivity contribution in [3.63, 3.8) is 0 Å². The van der Waals surface area contributed by atoms with Crippen molar-refractivity contribution in [1.29, 1.82) is 0 Å². The summed E-state index contributed by atoms with van der Waals surface area (Å²) in [6.45, 7) is 2.72. The Morgan fingerprint density at radius 3 is 2.44 bits per heavy atom. The predicted octanol–water partition coefficient (Wildman–Crippen LogP) is 3.34. The molecule has 0 saturated carbocycles. The van der Waals surface area contributed by atoms with Crippen LogP contribution in [-0.2, 0) is 0 Å². The Kier molecular flexibility index (Phi) is 3.74. The molecular weight excluding hydrogens is 340 g/mol. The van der Waals surface area contributed by atoms with Gasteiger partial charge in [-0.3, -0.25) is 4.79 Å². The average Bonchev–Trinajstić information content (AvgIpc) is 3.13. The van der Waals surface area contributed by atoms with E-state index in [0.717, 1.165) is 27.9 Å². The van der Waals surface area contributed by atoms with Crippen LogP contribution in [0.1, 0.15) is 10.4 Å². The Hall–Kier alpha value is -3.41. The summed E-state index contributed by atoms with van der Waals surface area (Å²) in [5.74, 6) is 0.870. The molecule has 6 heteroatoms. The molecule has 0 radical (unpaired) electrons. The van der Waals surface area contributed by atoms with Gasteiger partial charge in [0.25, 0.3) is 5.91 Å². The molecule has 3 heterocycles. The Morgan fingerprint density at radius 1 is 0.889 bits per heavy atom. The zero-order valence-electron chi connectivity index (χ0n) is 14.7. The van der Waals surface area contributed by atoms with E-state index in [2.05, 4.69) is 14.9 Å². The van der Waals surface area contributed by atoms with Crippen molar-refractivity contribution in [3.8, 4) is 0 Å². The number of carbonyl (C=O) groups excluding carboxylic acids is 1. The molecule has 1 aliphatic heterocycles. The topological polar surface area (TPSA) is 62.5 Å². The zero-order chi connectivity index (χ0) is 18.2. The van der Waals surface area contributed by atoms with E-state index in [1.54, 1.807) is 6.33 Å². The lowest BCUT2D eigenvalue weighted by Crippen LogP contribution is -2.49. The molecule has 2 aromatic heterocycles. The first kappa shape index (κ1) is 15.8. The highest BCUT2D eigenvalue weighted by Gasteiger charge is 2.25. The van der Waals surface area contributed by atoms with Crippen molar-refractivity contribution in [1.82, 2.24) is 14.9 Å². The molecule has 5 rings (SSSR count). The molecule has 0 bridgehead atoms. The summed E-state index contributed by atoms with van der Waals surface area (Å²) in [5, 5.41) is 0.994. The van der Waals surface area contributed by atoms with Crippen LogP contribution in [-0.4, -0.2) is 47.0 Å². The van der Waals surface area contributed by atoms with E-state index in [4.69, 9.17) is 4.42 Å². The van der Waals surface area contributed by atoms with Gasteiger partial charge in [-0.15, -0.1) is 0 Å². The number of hydrogen-bond donors (Lipinski definition) is 0. The molecule has 134 valence electrons. The van der Waals surface area contributed by atoms with Gasteiger partial charge in [-0.2, -0.15) is 0 Å². The van der Waals surface area contributed by atoms with E-state index in [-0.39, 0.29) is 5.91 Å². The maximum absolute atomic E-state index is 12.6. The third kappa shape index (κ3) is 2.70. The number of benzene rings is 2. The molecule has 0 unspecified atom stereocenters. The number of amides is 1. The second-order valence-electron chi connectivity index (χ2n) is 6.62. The SMILES string of the molecule is O=C(c1ccccc1)N1CCN(c2ncnc3c2oc2ccccc23)CC1. The fourth-order valence-corrected chi connectivity index (χ4v) is 3.62. The number of furan rings is 1. The second kappa shape index (κ2) is 6.39. The van der Waals surface area contributed by atoms with E-state index in [1.165, 1.54) is 0 Å². The quantitative estimate of drug-likeness (QED) is 0.550. The lowest BCUT2D eigenvalue weighted by molar-refractivity contribution is 0.0746. The van der Waals surface area contributed by atoms with Crippen LogP contribution in [0.2, 0.25) is 0 Å². The van der Waals surface area contributed by atoms with Gasteiger partial charge in [0.2, 0.25) is 0 Å². The first-order valence-electron chi connectivity index (χ1n) is 9.03. The van der Waals surface area contributed by atoms with Gasteiger partial charge in [0.05, 0.1) is 0 Å². The highest BCUT2D eigenvalue weighted by atomic mass is 16.3. The molecule has 0 aliphatic carbocycles. The Labute approximate surface area is 156 Å². The molecule has 1 saturated heterocycles. The van der Waals surface area contributed by atoms with Crippen LogP contribution in [0, 0.1) is 0 Å². The van der Waals surface area contributed by atoms with Crippen LogP contribution in [0.25, 0.3) is 22.1 Å². The number of para-hydroxylation sites is 1. The van der Waals surface area contributed by atoms with Crippen LogP contribution < -0.4 is 4.90 Å². The molecule has 6 nitrogen and oxygen atoms in total. The number of fused-ring (bicyclic) bond motifs is 3. The second-order valence-corrected chi connectivity index (χ2v) is 6.62. The summed E-state index contributed by atoms with van der Waals surface area (Å²) < 4.78 is 6.03. The van der Waals surface area contributed by atoms with Crippen molar-refractivity contribution >= 4 is 33.8 Å². The van der Waals surface area contributed by atoms with Crippen LogP contribution >= 0.6 is 0 Å². The Morgan fingerprint density at radius 2 is 1.63 bits per heavy atom. The minimum absolute atomic E-state index is 0.0758. The molecule has 0 spiro atoms. The first-order valence-corrected chi connectivity index (χ1v) is 9.03. The number of piperazine rings is 1. The van der Waals surface area contributed by atoms with Gasteiger partial charge in [0, 0.05) is 37.1 Å². The number of aromatic nitrogens is 2. The van der Waals surface area contributed by atoms with E-state index >= 15 is 0 Å². The fraction of sp³-hybridized carbons (Fsp3) is 0.190. The maximum Gasteiger partial charge on any atom is 0.253 e. The summed E-state index contributed by atoms with van der Waals surface area (Å²) in [7, 11) is 0. The highest BCUT2D eigenvalue weighted by Crippen LogP contribution is 2.32. The minimum atomic E-state index is 0.0758.